The predicted octanol–water partition coefficient (Wildman–Crippen LogP) is 1.95. The smallest absolute Gasteiger partial charge is 0.0715 e. The molecule has 0 fully saturated rings. The van der Waals surface area contributed by atoms with Gasteiger partial charge in [0, 0.05) is 12.6 Å². The van der Waals surface area contributed by atoms with Gasteiger partial charge in [-0.3, -0.25) is 0 Å². The normalized spacial score (nSPS) is 16.7. The molecule has 0 spiro atoms. The first-order chi connectivity index (χ1) is 5.87. The van der Waals surface area contributed by atoms with Crippen LogP contribution in [0.25, 0.3) is 0 Å². The molecule has 0 bridgehead atoms. The van der Waals surface area contributed by atoms with Gasteiger partial charge in [-0.1, -0.05) is 13.0 Å². The van der Waals surface area contributed by atoms with Gasteiger partial charge >= 0.3 is 0 Å². The van der Waals surface area contributed by atoms with Crippen molar-refractivity contribution in [3.05, 3.63) is 12.7 Å². The largest absolute Gasteiger partial charge is 0.389 e. The second-order valence-corrected chi connectivity index (χ2v) is 4.48. The van der Waals surface area contributed by atoms with Crippen LogP contribution in [-0.4, -0.2) is 23.3 Å². The second kappa shape index (κ2) is 5.40. The summed E-state index contributed by atoms with van der Waals surface area (Å²) in [5.74, 6) is 0.569. The standard InChI is InChI=1S/C11H23NO/c1-6-7-9(2)10(3)12-8-11(4,5)13/h6,9-10,12-13H,1,7-8H2,2-5H3. The highest BCUT2D eigenvalue weighted by atomic mass is 16.3. The molecule has 0 aromatic carbocycles. The molecule has 2 atom stereocenters. The highest BCUT2D eigenvalue weighted by Gasteiger charge is 2.16. The van der Waals surface area contributed by atoms with Crippen LogP contribution >= 0.6 is 0 Å². The number of hydrogen-bond acceptors (Lipinski definition) is 2. The first-order valence-corrected chi connectivity index (χ1v) is 4.93. The molecule has 2 unspecified atom stereocenters. The number of rotatable bonds is 6. The van der Waals surface area contributed by atoms with Crippen molar-refractivity contribution in [2.75, 3.05) is 6.54 Å². The van der Waals surface area contributed by atoms with Gasteiger partial charge in [-0.2, -0.15) is 0 Å². The SMILES string of the molecule is C=CCC(C)C(C)NCC(C)(C)O. The summed E-state index contributed by atoms with van der Waals surface area (Å²) in [6.07, 6.45) is 2.95. The lowest BCUT2D eigenvalue weighted by molar-refractivity contribution is 0.0748. The Morgan fingerprint density at radius 1 is 1.46 bits per heavy atom. The van der Waals surface area contributed by atoms with E-state index in [0.29, 0.717) is 18.5 Å². The first-order valence-electron chi connectivity index (χ1n) is 4.93. The Morgan fingerprint density at radius 3 is 2.38 bits per heavy atom. The Morgan fingerprint density at radius 2 is 2.00 bits per heavy atom. The molecule has 0 rings (SSSR count). The summed E-state index contributed by atoms with van der Waals surface area (Å²) >= 11 is 0. The summed E-state index contributed by atoms with van der Waals surface area (Å²) in [7, 11) is 0. The molecule has 0 radical (unpaired) electrons. The van der Waals surface area contributed by atoms with Crippen molar-refractivity contribution < 1.29 is 5.11 Å². The van der Waals surface area contributed by atoms with Gasteiger partial charge in [-0.15, -0.1) is 6.58 Å². The van der Waals surface area contributed by atoms with E-state index in [-0.39, 0.29) is 0 Å². The molecule has 2 nitrogen and oxygen atoms in total. The maximum atomic E-state index is 9.50. The molecule has 0 saturated carbocycles. The van der Waals surface area contributed by atoms with E-state index in [4.69, 9.17) is 0 Å². The van der Waals surface area contributed by atoms with E-state index < -0.39 is 5.60 Å². The van der Waals surface area contributed by atoms with Crippen LogP contribution in [-0.2, 0) is 0 Å². The molecule has 0 aromatic rings. The molecule has 0 aliphatic rings. The van der Waals surface area contributed by atoms with E-state index >= 15 is 0 Å². The highest BCUT2D eigenvalue weighted by Crippen LogP contribution is 2.09. The van der Waals surface area contributed by atoms with Gasteiger partial charge in [0.1, 0.15) is 0 Å². The lowest BCUT2D eigenvalue weighted by Crippen LogP contribution is -2.41. The lowest BCUT2D eigenvalue weighted by Gasteiger charge is -2.25. The van der Waals surface area contributed by atoms with Crippen molar-refractivity contribution in [2.24, 2.45) is 5.92 Å². The molecule has 0 amide bonds. The Hall–Kier alpha value is -0.340. The van der Waals surface area contributed by atoms with Crippen LogP contribution in [0.5, 0.6) is 0 Å². The minimum atomic E-state index is -0.623. The Kier molecular flexibility index (Phi) is 5.26. The van der Waals surface area contributed by atoms with Crippen LogP contribution in [0.1, 0.15) is 34.1 Å². The zero-order chi connectivity index (χ0) is 10.5. The molecular weight excluding hydrogens is 162 g/mol. The van der Waals surface area contributed by atoms with E-state index in [1.54, 1.807) is 0 Å². The van der Waals surface area contributed by atoms with Crippen molar-refractivity contribution >= 4 is 0 Å². The fourth-order valence-corrected chi connectivity index (χ4v) is 1.08. The van der Waals surface area contributed by atoms with Crippen LogP contribution in [0.4, 0.5) is 0 Å². The van der Waals surface area contributed by atoms with Crippen molar-refractivity contribution in [2.45, 2.75) is 45.8 Å². The van der Waals surface area contributed by atoms with Crippen molar-refractivity contribution in [1.29, 1.82) is 0 Å². The topological polar surface area (TPSA) is 32.3 Å². The van der Waals surface area contributed by atoms with E-state index in [1.165, 1.54) is 0 Å². The molecule has 0 aliphatic carbocycles. The van der Waals surface area contributed by atoms with Crippen LogP contribution in [0.3, 0.4) is 0 Å². The number of hydrogen-bond donors (Lipinski definition) is 2. The third-order valence-corrected chi connectivity index (χ3v) is 2.25. The number of aliphatic hydroxyl groups is 1. The van der Waals surface area contributed by atoms with Gasteiger partial charge in [0.2, 0.25) is 0 Å². The van der Waals surface area contributed by atoms with E-state index in [1.807, 2.05) is 19.9 Å². The average Bonchev–Trinajstić information content (AvgIpc) is 1.99. The van der Waals surface area contributed by atoms with Crippen LogP contribution in [0, 0.1) is 5.92 Å². The highest BCUT2D eigenvalue weighted by molar-refractivity contribution is 4.79. The predicted molar refractivity (Wildman–Crippen MR) is 57.7 cm³/mol. The maximum absolute atomic E-state index is 9.50. The number of allylic oxidation sites excluding steroid dienone is 1. The quantitative estimate of drug-likeness (QED) is 0.620. The van der Waals surface area contributed by atoms with Gasteiger partial charge in [0.25, 0.3) is 0 Å². The monoisotopic (exact) mass is 185 g/mol. The Bertz CT molecular complexity index is 149. The summed E-state index contributed by atoms with van der Waals surface area (Å²) in [4.78, 5) is 0. The third-order valence-electron chi connectivity index (χ3n) is 2.25. The summed E-state index contributed by atoms with van der Waals surface area (Å²) in [5.41, 5.74) is -0.623. The molecule has 0 saturated heterocycles. The molecular formula is C11H23NO. The maximum Gasteiger partial charge on any atom is 0.0715 e. The van der Waals surface area contributed by atoms with Crippen LogP contribution in [0.15, 0.2) is 12.7 Å². The molecule has 0 aromatic heterocycles. The summed E-state index contributed by atoms with van der Waals surface area (Å²) < 4.78 is 0. The van der Waals surface area contributed by atoms with E-state index in [2.05, 4.69) is 25.7 Å². The van der Waals surface area contributed by atoms with Gasteiger partial charge in [0.05, 0.1) is 5.60 Å². The van der Waals surface area contributed by atoms with E-state index in [0.717, 1.165) is 6.42 Å². The van der Waals surface area contributed by atoms with Gasteiger partial charge in [-0.05, 0) is 33.1 Å². The van der Waals surface area contributed by atoms with Gasteiger partial charge < -0.3 is 10.4 Å². The molecule has 78 valence electrons. The second-order valence-electron chi connectivity index (χ2n) is 4.48. The lowest BCUT2D eigenvalue weighted by atomic mass is 9.99. The van der Waals surface area contributed by atoms with Crippen molar-refractivity contribution in [1.82, 2.24) is 5.32 Å². The zero-order valence-electron chi connectivity index (χ0n) is 9.30. The van der Waals surface area contributed by atoms with Gasteiger partial charge in [-0.25, -0.2) is 0 Å². The molecule has 0 heterocycles. The summed E-state index contributed by atoms with van der Waals surface area (Å²) in [6.45, 7) is 12.3. The fraction of sp³-hybridized carbons (Fsp3) is 0.818. The molecule has 0 aliphatic heterocycles. The fourth-order valence-electron chi connectivity index (χ4n) is 1.08. The molecule has 2 heteroatoms. The van der Waals surface area contributed by atoms with Crippen molar-refractivity contribution in [3.8, 4) is 0 Å². The van der Waals surface area contributed by atoms with Crippen molar-refractivity contribution in [3.63, 3.8) is 0 Å². The Balaban J connectivity index is 3.73. The Labute approximate surface area is 82.0 Å². The summed E-state index contributed by atoms with van der Waals surface area (Å²) in [5, 5.41) is 12.8. The third kappa shape index (κ3) is 6.79. The first kappa shape index (κ1) is 12.7. The van der Waals surface area contributed by atoms with Crippen LogP contribution < -0.4 is 5.32 Å². The number of nitrogens with one attached hydrogen (secondary N) is 1. The average molecular weight is 185 g/mol. The minimum Gasteiger partial charge on any atom is -0.389 e. The molecule has 2 N–H and O–H groups in total. The summed E-state index contributed by atoms with van der Waals surface area (Å²) in [6, 6.07) is 0.421. The molecule has 13 heavy (non-hydrogen) atoms. The minimum absolute atomic E-state index is 0.421. The van der Waals surface area contributed by atoms with E-state index in [9.17, 15) is 5.11 Å². The van der Waals surface area contributed by atoms with Gasteiger partial charge in [0.15, 0.2) is 0 Å². The van der Waals surface area contributed by atoms with Crippen LogP contribution in [0.2, 0.25) is 0 Å². The zero-order valence-corrected chi connectivity index (χ0v) is 9.30.